The molecule has 1 aromatic heterocycles. The zero-order chi connectivity index (χ0) is 18.7. The van der Waals surface area contributed by atoms with Crippen LogP contribution in [-0.4, -0.2) is 51.0 Å². The van der Waals surface area contributed by atoms with Gasteiger partial charge in [0.1, 0.15) is 18.0 Å². The summed E-state index contributed by atoms with van der Waals surface area (Å²) in [5, 5.41) is 10.1. The predicted molar refractivity (Wildman–Crippen MR) is 84.1 cm³/mol. The van der Waals surface area contributed by atoms with Crippen molar-refractivity contribution in [3.8, 4) is 0 Å². The molecule has 10 heteroatoms. The summed E-state index contributed by atoms with van der Waals surface area (Å²) in [7, 11) is 0. The van der Waals surface area contributed by atoms with Gasteiger partial charge in [-0.2, -0.15) is 4.98 Å². The summed E-state index contributed by atoms with van der Waals surface area (Å²) in [6, 6.07) is 1.35. The number of anilines is 1. The fraction of sp³-hybridized carbons (Fsp3) is 0.467. The molecule has 0 saturated carbocycles. The Morgan fingerprint density at radius 1 is 1.40 bits per heavy atom. The Balaban J connectivity index is 2.48. The van der Waals surface area contributed by atoms with Crippen LogP contribution in [0.2, 0.25) is 0 Å². The smallest absolute Gasteiger partial charge is 0.351 e. The highest BCUT2D eigenvalue weighted by Gasteiger charge is 2.52. The SMILES string of the molecule is C=CC(O)[C@H]1O[C@@H](n2ccc(N)nc2=O)[C@H](OC(C)=O)[C@@H]1OC(C)=O. The lowest BCUT2D eigenvalue weighted by molar-refractivity contribution is -0.166. The number of nitrogen functional groups attached to an aromatic ring is 1. The monoisotopic (exact) mass is 353 g/mol. The van der Waals surface area contributed by atoms with Crippen LogP contribution in [0, 0.1) is 0 Å². The van der Waals surface area contributed by atoms with E-state index in [0.29, 0.717) is 0 Å². The molecule has 1 aliphatic rings. The van der Waals surface area contributed by atoms with E-state index in [-0.39, 0.29) is 5.82 Å². The number of ether oxygens (including phenoxy) is 3. The lowest BCUT2D eigenvalue weighted by Crippen LogP contribution is -2.43. The van der Waals surface area contributed by atoms with Gasteiger partial charge in [-0.15, -0.1) is 6.58 Å². The zero-order valence-corrected chi connectivity index (χ0v) is 13.7. The van der Waals surface area contributed by atoms with E-state index in [9.17, 15) is 19.5 Å². The topological polar surface area (TPSA) is 143 Å². The molecule has 10 nitrogen and oxygen atoms in total. The first-order valence-electron chi connectivity index (χ1n) is 7.39. The molecule has 2 rings (SSSR count). The van der Waals surface area contributed by atoms with E-state index in [2.05, 4.69) is 11.6 Å². The molecule has 2 heterocycles. The highest BCUT2D eigenvalue weighted by Crippen LogP contribution is 2.35. The number of nitrogens with zero attached hydrogens (tertiary/aromatic N) is 2. The first kappa shape index (κ1) is 18.6. The normalized spacial score (nSPS) is 26.7. The lowest BCUT2D eigenvalue weighted by Gasteiger charge is -2.24. The molecule has 0 amide bonds. The van der Waals surface area contributed by atoms with Crippen LogP contribution in [0.25, 0.3) is 0 Å². The molecule has 136 valence electrons. The number of esters is 2. The Bertz CT molecular complexity index is 732. The number of hydrogen-bond donors (Lipinski definition) is 2. The standard InChI is InChI=1S/C15H19N3O7/c1-4-9(21)11-12(23-7(2)19)13(24-8(3)20)14(25-11)18-6-5-10(16)17-15(18)22/h4-6,9,11-14,21H,1H2,2-3H3,(H2,16,17,22)/t9?,11-,12-,13-,14-/m1/s1. The molecular formula is C15H19N3O7. The van der Waals surface area contributed by atoms with Gasteiger partial charge in [-0.05, 0) is 6.07 Å². The summed E-state index contributed by atoms with van der Waals surface area (Å²) in [6.45, 7) is 5.77. The first-order valence-corrected chi connectivity index (χ1v) is 7.39. The second-order valence-electron chi connectivity index (χ2n) is 5.41. The molecule has 5 atom stereocenters. The fourth-order valence-corrected chi connectivity index (χ4v) is 2.56. The summed E-state index contributed by atoms with van der Waals surface area (Å²) in [5.74, 6) is -1.35. The van der Waals surface area contributed by atoms with Crippen LogP contribution in [0.3, 0.4) is 0 Å². The number of carbonyl (C=O) groups is 2. The molecule has 1 aliphatic heterocycles. The molecule has 0 aliphatic carbocycles. The van der Waals surface area contributed by atoms with Gasteiger partial charge in [-0.1, -0.05) is 6.08 Å². The third kappa shape index (κ3) is 4.03. The number of nitrogens with two attached hydrogens (primary N) is 1. The summed E-state index contributed by atoms with van der Waals surface area (Å²) in [4.78, 5) is 38.6. The summed E-state index contributed by atoms with van der Waals surface area (Å²) >= 11 is 0. The van der Waals surface area contributed by atoms with Crippen LogP contribution >= 0.6 is 0 Å². The summed E-state index contributed by atoms with van der Waals surface area (Å²) in [5.41, 5.74) is 4.71. The Labute approximate surface area is 142 Å². The van der Waals surface area contributed by atoms with Gasteiger partial charge in [0.05, 0.1) is 0 Å². The largest absolute Gasteiger partial charge is 0.455 e. The van der Waals surface area contributed by atoms with E-state index in [1.165, 1.54) is 18.3 Å². The van der Waals surface area contributed by atoms with E-state index < -0.39 is 48.3 Å². The third-order valence-electron chi connectivity index (χ3n) is 3.53. The van der Waals surface area contributed by atoms with Crippen molar-refractivity contribution < 1.29 is 28.9 Å². The van der Waals surface area contributed by atoms with Crippen molar-refractivity contribution in [3.05, 3.63) is 35.4 Å². The maximum Gasteiger partial charge on any atom is 0.351 e. The van der Waals surface area contributed by atoms with Gasteiger partial charge >= 0.3 is 17.6 Å². The van der Waals surface area contributed by atoms with Crippen LogP contribution in [0.5, 0.6) is 0 Å². The highest BCUT2D eigenvalue weighted by atomic mass is 16.6. The number of hydrogen-bond acceptors (Lipinski definition) is 9. The second kappa shape index (κ2) is 7.45. The van der Waals surface area contributed by atoms with Gasteiger partial charge in [-0.25, -0.2) is 4.79 Å². The van der Waals surface area contributed by atoms with Crippen molar-refractivity contribution >= 4 is 17.8 Å². The van der Waals surface area contributed by atoms with Gasteiger partial charge < -0.3 is 25.1 Å². The maximum absolute atomic E-state index is 12.1. The minimum atomic E-state index is -1.23. The van der Waals surface area contributed by atoms with Crippen molar-refractivity contribution in [1.29, 1.82) is 0 Å². The molecular weight excluding hydrogens is 334 g/mol. The molecule has 0 aromatic carbocycles. The van der Waals surface area contributed by atoms with Crippen molar-refractivity contribution in [2.75, 3.05) is 5.73 Å². The number of aliphatic hydroxyl groups excluding tert-OH is 1. The van der Waals surface area contributed by atoms with E-state index in [4.69, 9.17) is 19.9 Å². The number of aliphatic hydroxyl groups is 1. The highest BCUT2D eigenvalue weighted by molar-refractivity contribution is 5.67. The van der Waals surface area contributed by atoms with E-state index in [0.717, 1.165) is 18.4 Å². The average molecular weight is 353 g/mol. The van der Waals surface area contributed by atoms with Crippen molar-refractivity contribution in [2.45, 2.75) is 44.5 Å². The number of aromatic nitrogens is 2. The fourth-order valence-electron chi connectivity index (χ4n) is 2.56. The Morgan fingerprint density at radius 2 is 2.00 bits per heavy atom. The summed E-state index contributed by atoms with van der Waals surface area (Å²) < 4.78 is 17.1. The summed E-state index contributed by atoms with van der Waals surface area (Å²) in [6.07, 6.45) is -3.34. The maximum atomic E-state index is 12.1. The van der Waals surface area contributed by atoms with Crippen molar-refractivity contribution in [2.24, 2.45) is 0 Å². The predicted octanol–water partition coefficient (Wildman–Crippen LogP) is -0.867. The minimum absolute atomic E-state index is 0.00231. The van der Waals surface area contributed by atoms with Gasteiger partial charge in [-0.3, -0.25) is 14.2 Å². The quantitative estimate of drug-likeness (QED) is 0.510. The van der Waals surface area contributed by atoms with E-state index in [1.54, 1.807) is 0 Å². The number of carbonyl (C=O) groups excluding carboxylic acids is 2. The van der Waals surface area contributed by atoms with Crippen molar-refractivity contribution in [3.63, 3.8) is 0 Å². The molecule has 25 heavy (non-hydrogen) atoms. The molecule has 1 saturated heterocycles. The average Bonchev–Trinajstić information content (AvgIpc) is 2.84. The van der Waals surface area contributed by atoms with Gasteiger partial charge in [0.25, 0.3) is 0 Å². The molecule has 0 bridgehead atoms. The molecule has 1 fully saturated rings. The second-order valence-corrected chi connectivity index (χ2v) is 5.41. The zero-order valence-electron chi connectivity index (χ0n) is 13.7. The molecule has 1 aromatic rings. The van der Waals surface area contributed by atoms with E-state index in [1.807, 2.05) is 0 Å². The van der Waals surface area contributed by atoms with Crippen LogP contribution in [0.4, 0.5) is 5.82 Å². The van der Waals surface area contributed by atoms with Crippen LogP contribution < -0.4 is 11.4 Å². The Kier molecular flexibility index (Phi) is 5.55. The van der Waals surface area contributed by atoms with Crippen LogP contribution in [0.15, 0.2) is 29.7 Å². The molecule has 1 unspecified atom stereocenters. The van der Waals surface area contributed by atoms with Gasteiger partial charge in [0.2, 0.25) is 0 Å². The van der Waals surface area contributed by atoms with Crippen LogP contribution in [-0.2, 0) is 23.8 Å². The molecule has 0 radical (unpaired) electrons. The van der Waals surface area contributed by atoms with Gasteiger partial charge in [0, 0.05) is 20.0 Å². The van der Waals surface area contributed by atoms with E-state index >= 15 is 0 Å². The van der Waals surface area contributed by atoms with Crippen molar-refractivity contribution in [1.82, 2.24) is 9.55 Å². The molecule has 3 N–H and O–H groups in total. The first-order chi connectivity index (χ1) is 11.7. The third-order valence-corrected chi connectivity index (χ3v) is 3.53. The Hall–Kier alpha value is -2.72. The Morgan fingerprint density at radius 3 is 2.52 bits per heavy atom. The lowest BCUT2D eigenvalue weighted by atomic mass is 10.0. The van der Waals surface area contributed by atoms with Gasteiger partial charge in [0.15, 0.2) is 18.4 Å². The molecule has 0 spiro atoms. The minimum Gasteiger partial charge on any atom is -0.455 e. The van der Waals surface area contributed by atoms with Crippen LogP contribution in [0.1, 0.15) is 20.1 Å². The number of rotatable bonds is 5.